The number of alkyl halides is 3. The van der Waals surface area contributed by atoms with Gasteiger partial charge in [0.2, 0.25) is 0 Å². The molecule has 1 N–H and O–H groups in total. The van der Waals surface area contributed by atoms with Crippen LogP contribution in [0, 0.1) is 0 Å². The summed E-state index contributed by atoms with van der Waals surface area (Å²) in [7, 11) is 0. The Morgan fingerprint density at radius 3 is 2.29 bits per heavy atom. The van der Waals surface area contributed by atoms with Crippen molar-refractivity contribution in [3.8, 4) is 22.6 Å². The maximum atomic E-state index is 13.2. The molecule has 4 aromatic rings. The number of benzene rings is 2. The molecular weight excluding hydrogens is 425 g/mol. The van der Waals surface area contributed by atoms with Gasteiger partial charge in [-0.1, -0.05) is 35.9 Å². The third-order valence-corrected chi connectivity index (χ3v) is 4.79. The molecule has 4 rings (SSSR count). The summed E-state index contributed by atoms with van der Waals surface area (Å²) in [5, 5.41) is 3.85. The van der Waals surface area contributed by atoms with Gasteiger partial charge in [-0.25, -0.2) is 9.97 Å². The van der Waals surface area contributed by atoms with Crippen molar-refractivity contribution in [2.45, 2.75) is 12.7 Å². The van der Waals surface area contributed by atoms with Crippen molar-refractivity contribution in [1.29, 1.82) is 0 Å². The van der Waals surface area contributed by atoms with Crippen LogP contribution in [0.1, 0.15) is 11.1 Å². The van der Waals surface area contributed by atoms with Crippen molar-refractivity contribution in [3.63, 3.8) is 0 Å². The summed E-state index contributed by atoms with van der Waals surface area (Å²) >= 11 is 5.92. The number of hydrogen-bond donors (Lipinski definition) is 1. The number of aromatic nitrogens is 3. The second kappa shape index (κ2) is 8.73. The molecule has 8 heteroatoms. The fourth-order valence-electron chi connectivity index (χ4n) is 2.97. The normalized spacial score (nSPS) is 11.4. The van der Waals surface area contributed by atoms with Crippen molar-refractivity contribution >= 4 is 17.4 Å². The Bertz CT molecular complexity index is 1180. The van der Waals surface area contributed by atoms with E-state index in [0.29, 0.717) is 40.0 Å². The lowest BCUT2D eigenvalue weighted by Crippen LogP contribution is -2.06. The van der Waals surface area contributed by atoms with Crippen molar-refractivity contribution in [2.75, 3.05) is 5.32 Å². The average molecular weight is 441 g/mol. The largest absolute Gasteiger partial charge is 0.416 e. The molecule has 0 fully saturated rings. The van der Waals surface area contributed by atoms with Crippen molar-refractivity contribution in [2.24, 2.45) is 0 Å². The van der Waals surface area contributed by atoms with Crippen molar-refractivity contribution < 1.29 is 13.2 Å². The monoisotopic (exact) mass is 440 g/mol. The maximum Gasteiger partial charge on any atom is 0.416 e. The molecule has 0 atom stereocenters. The van der Waals surface area contributed by atoms with Crippen LogP contribution < -0.4 is 5.32 Å². The van der Waals surface area contributed by atoms with Gasteiger partial charge in [-0.3, -0.25) is 4.98 Å². The molecule has 0 bridgehead atoms. The first-order valence-electron chi connectivity index (χ1n) is 9.34. The van der Waals surface area contributed by atoms with E-state index in [1.165, 1.54) is 6.07 Å². The highest BCUT2D eigenvalue weighted by Crippen LogP contribution is 2.32. The predicted octanol–water partition coefficient (Wildman–Crippen LogP) is 6.49. The summed E-state index contributed by atoms with van der Waals surface area (Å²) in [4.78, 5) is 13.0. The zero-order chi connectivity index (χ0) is 21.8. The average Bonchev–Trinajstić information content (AvgIpc) is 2.79. The minimum absolute atomic E-state index is 0.349. The second-order valence-electron chi connectivity index (χ2n) is 6.76. The highest BCUT2D eigenvalue weighted by Gasteiger charge is 2.30. The van der Waals surface area contributed by atoms with Gasteiger partial charge < -0.3 is 5.32 Å². The third-order valence-electron chi connectivity index (χ3n) is 4.54. The number of rotatable bonds is 5. The molecule has 4 nitrogen and oxygen atoms in total. The van der Waals surface area contributed by atoms with Crippen LogP contribution in [-0.4, -0.2) is 15.0 Å². The summed E-state index contributed by atoms with van der Waals surface area (Å²) in [6.45, 7) is 0.464. The summed E-state index contributed by atoms with van der Waals surface area (Å²) in [5.41, 5.74) is 1.69. The molecule has 2 heterocycles. The van der Waals surface area contributed by atoms with E-state index in [1.54, 1.807) is 48.8 Å². The van der Waals surface area contributed by atoms with E-state index in [1.807, 2.05) is 12.1 Å². The van der Waals surface area contributed by atoms with Gasteiger partial charge in [-0.15, -0.1) is 0 Å². The molecule has 0 amide bonds. The molecule has 0 aliphatic carbocycles. The van der Waals surface area contributed by atoms with Crippen LogP contribution in [0.2, 0.25) is 5.02 Å². The molecule has 0 unspecified atom stereocenters. The Labute approximate surface area is 181 Å². The van der Waals surface area contributed by atoms with E-state index in [2.05, 4.69) is 20.3 Å². The molecule has 156 valence electrons. The first kappa shape index (κ1) is 20.8. The van der Waals surface area contributed by atoms with Gasteiger partial charge in [0.15, 0.2) is 5.82 Å². The first-order chi connectivity index (χ1) is 14.9. The number of pyridine rings is 1. The predicted molar refractivity (Wildman–Crippen MR) is 114 cm³/mol. The van der Waals surface area contributed by atoms with Gasteiger partial charge in [0.05, 0.1) is 11.3 Å². The summed E-state index contributed by atoms with van der Waals surface area (Å²) in [5.74, 6) is 0.875. The van der Waals surface area contributed by atoms with Gasteiger partial charge in [0.25, 0.3) is 0 Å². The lowest BCUT2D eigenvalue weighted by atomic mass is 10.1. The van der Waals surface area contributed by atoms with E-state index in [0.717, 1.165) is 17.7 Å². The summed E-state index contributed by atoms with van der Waals surface area (Å²) in [6.07, 6.45) is -1.22. The van der Waals surface area contributed by atoms with Gasteiger partial charge >= 0.3 is 6.18 Å². The van der Waals surface area contributed by atoms with Crippen molar-refractivity contribution in [3.05, 3.63) is 95.3 Å². The maximum absolute atomic E-state index is 13.2. The lowest BCUT2D eigenvalue weighted by molar-refractivity contribution is -0.137. The fraction of sp³-hybridized carbons (Fsp3) is 0.0870. The first-order valence-corrected chi connectivity index (χ1v) is 9.72. The van der Waals surface area contributed by atoms with Gasteiger partial charge in [0, 0.05) is 41.2 Å². The minimum atomic E-state index is -4.44. The quantitative estimate of drug-likeness (QED) is 0.385. The molecule has 0 radical (unpaired) electrons. The number of nitrogens with zero attached hydrogens (tertiary/aromatic N) is 3. The molecule has 0 aliphatic heterocycles. The highest BCUT2D eigenvalue weighted by atomic mass is 35.5. The Morgan fingerprint density at radius 2 is 1.58 bits per heavy atom. The summed E-state index contributed by atoms with van der Waals surface area (Å²) < 4.78 is 39.5. The van der Waals surface area contributed by atoms with Crippen LogP contribution in [0.25, 0.3) is 22.6 Å². The molecule has 0 saturated heterocycles. The third kappa shape index (κ3) is 5.19. The molecule has 2 aromatic heterocycles. The fourth-order valence-corrected chi connectivity index (χ4v) is 3.09. The topological polar surface area (TPSA) is 50.7 Å². The van der Waals surface area contributed by atoms with Crippen LogP contribution in [0.3, 0.4) is 0 Å². The minimum Gasteiger partial charge on any atom is -0.366 e. The van der Waals surface area contributed by atoms with E-state index in [9.17, 15) is 13.2 Å². The number of nitrogens with one attached hydrogen (secondary N) is 1. The van der Waals surface area contributed by atoms with Gasteiger partial charge in [-0.2, -0.15) is 13.2 Å². The Morgan fingerprint density at radius 1 is 0.839 bits per heavy atom. The van der Waals surface area contributed by atoms with Crippen LogP contribution in [0.5, 0.6) is 0 Å². The van der Waals surface area contributed by atoms with Crippen LogP contribution in [0.15, 0.2) is 79.1 Å². The van der Waals surface area contributed by atoms with Crippen molar-refractivity contribution in [1.82, 2.24) is 15.0 Å². The second-order valence-corrected chi connectivity index (χ2v) is 7.19. The van der Waals surface area contributed by atoms with Crippen LogP contribution in [0.4, 0.5) is 19.0 Å². The zero-order valence-corrected chi connectivity index (χ0v) is 16.8. The van der Waals surface area contributed by atoms with E-state index >= 15 is 0 Å². The number of hydrogen-bond acceptors (Lipinski definition) is 4. The van der Waals surface area contributed by atoms with Crippen LogP contribution >= 0.6 is 11.6 Å². The molecule has 2 aromatic carbocycles. The molecule has 0 aliphatic rings. The highest BCUT2D eigenvalue weighted by molar-refractivity contribution is 6.30. The van der Waals surface area contributed by atoms with Gasteiger partial charge in [-0.05, 0) is 42.0 Å². The van der Waals surface area contributed by atoms with Gasteiger partial charge in [0.1, 0.15) is 5.82 Å². The van der Waals surface area contributed by atoms with E-state index in [-0.39, 0.29) is 0 Å². The molecule has 31 heavy (non-hydrogen) atoms. The van der Waals surface area contributed by atoms with Crippen LogP contribution in [-0.2, 0) is 12.7 Å². The summed E-state index contributed by atoms with van der Waals surface area (Å²) in [6, 6.07) is 17.5. The molecule has 0 spiro atoms. The Balaban J connectivity index is 1.72. The van der Waals surface area contributed by atoms with E-state index in [4.69, 9.17) is 11.6 Å². The standard InChI is InChI=1S/C23H16ClF3N4/c24-19-6-4-15(5-7-19)14-29-21-13-20(17-2-1-3-18(12-17)23(25,26)27)30-22(31-21)16-8-10-28-11-9-16/h1-13H,14H2,(H,29,30,31). The SMILES string of the molecule is FC(F)(F)c1cccc(-c2cc(NCc3ccc(Cl)cc3)nc(-c3ccncc3)n2)c1. The number of anilines is 1. The Hall–Kier alpha value is -3.45. The smallest absolute Gasteiger partial charge is 0.366 e. The van der Waals surface area contributed by atoms with E-state index < -0.39 is 11.7 Å². The molecular formula is C23H16ClF3N4. The number of halogens is 4. The zero-order valence-electron chi connectivity index (χ0n) is 16.1. The lowest BCUT2D eigenvalue weighted by Gasteiger charge is -2.12. The molecule has 0 saturated carbocycles. The Kier molecular flexibility index (Phi) is 5.86.